The zero-order valence-electron chi connectivity index (χ0n) is 13.3. The van der Waals surface area contributed by atoms with Gasteiger partial charge in [-0.2, -0.15) is 0 Å². The zero-order valence-corrected chi connectivity index (χ0v) is 14.1. The lowest BCUT2D eigenvalue weighted by atomic mass is 10.1. The SMILES string of the molecule is CCc1ccc(S(=O)(=O)NCc2ccc(OC)nc2)cc1C(=O)O. The van der Waals surface area contributed by atoms with Gasteiger partial charge in [0.15, 0.2) is 0 Å². The first-order chi connectivity index (χ1) is 11.4. The van der Waals surface area contributed by atoms with Crippen molar-refractivity contribution in [3.05, 3.63) is 53.2 Å². The molecular formula is C16H18N2O5S. The van der Waals surface area contributed by atoms with Crippen molar-refractivity contribution in [1.29, 1.82) is 0 Å². The second-order valence-electron chi connectivity index (χ2n) is 5.01. The molecule has 7 nitrogen and oxygen atoms in total. The largest absolute Gasteiger partial charge is 0.481 e. The lowest BCUT2D eigenvalue weighted by Gasteiger charge is -2.10. The minimum Gasteiger partial charge on any atom is -0.481 e. The van der Waals surface area contributed by atoms with E-state index in [-0.39, 0.29) is 17.0 Å². The molecule has 0 unspecified atom stereocenters. The topological polar surface area (TPSA) is 106 Å². The molecule has 0 amide bonds. The molecule has 128 valence electrons. The number of methoxy groups -OCH3 is 1. The average molecular weight is 350 g/mol. The number of carboxylic acids is 1. The van der Waals surface area contributed by atoms with Gasteiger partial charge in [0.25, 0.3) is 0 Å². The van der Waals surface area contributed by atoms with Crippen LogP contribution in [0.4, 0.5) is 0 Å². The van der Waals surface area contributed by atoms with Gasteiger partial charge in [-0.15, -0.1) is 0 Å². The van der Waals surface area contributed by atoms with Crippen LogP contribution in [-0.2, 0) is 23.0 Å². The molecule has 0 aliphatic carbocycles. The summed E-state index contributed by atoms with van der Waals surface area (Å²) in [5.74, 6) is -0.717. The molecule has 2 N–H and O–H groups in total. The van der Waals surface area contributed by atoms with Crippen LogP contribution in [0.15, 0.2) is 41.4 Å². The molecule has 1 aromatic heterocycles. The Labute approximate surface area is 140 Å². The van der Waals surface area contributed by atoms with E-state index in [0.29, 0.717) is 23.4 Å². The van der Waals surface area contributed by atoms with Gasteiger partial charge < -0.3 is 9.84 Å². The fraction of sp³-hybridized carbons (Fsp3) is 0.250. The number of carboxylic acid groups (broad SMARTS) is 1. The highest BCUT2D eigenvalue weighted by atomic mass is 32.2. The fourth-order valence-electron chi connectivity index (χ4n) is 2.13. The van der Waals surface area contributed by atoms with E-state index < -0.39 is 16.0 Å². The molecule has 2 rings (SSSR count). The van der Waals surface area contributed by atoms with Gasteiger partial charge in [-0.25, -0.2) is 22.9 Å². The Kier molecular flexibility index (Phi) is 5.53. The van der Waals surface area contributed by atoms with Crippen molar-refractivity contribution in [2.75, 3.05) is 7.11 Å². The third kappa shape index (κ3) is 4.09. The van der Waals surface area contributed by atoms with Crippen molar-refractivity contribution < 1.29 is 23.1 Å². The number of hydrogen-bond acceptors (Lipinski definition) is 5. The van der Waals surface area contributed by atoms with Crippen molar-refractivity contribution in [1.82, 2.24) is 9.71 Å². The number of hydrogen-bond donors (Lipinski definition) is 2. The van der Waals surface area contributed by atoms with Gasteiger partial charge in [0.1, 0.15) is 0 Å². The van der Waals surface area contributed by atoms with Crippen LogP contribution in [-0.4, -0.2) is 31.6 Å². The van der Waals surface area contributed by atoms with Crippen molar-refractivity contribution in [2.45, 2.75) is 24.8 Å². The summed E-state index contributed by atoms with van der Waals surface area (Å²) in [6.07, 6.45) is 2.01. The molecule has 1 aromatic carbocycles. The number of pyridine rings is 1. The smallest absolute Gasteiger partial charge is 0.336 e. The number of rotatable bonds is 7. The van der Waals surface area contributed by atoms with Gasteiger partial charge in [-0.05, 0) is 29.7 Å². The maximum atomic E-state index is 12.4. The first kappa shape index (κ1) is 17.9. The van der Waals surface area contributed by atoms with E-state index in [1.807, 2.05) is 6.92 Å². The number of aromatic carboxylic acids is 1. The zero-order chi connectivity index (χ0) is 17.7. The summed E-state index contributed by atoms with van der Waals surface area (Å²) in [4.78, 5) is 15.2. The van der Waals surface area contributed by atoms with Gasteiger partial charge >= 0.3 is 5.97 Å². The summed E-state index contributed by atoms with van der Waals surface area (Å²) in [7, 11) is -2.34. The summed E-state index contributed by atoms with van der Waals surface area (Å²) in [5.41, 5.74) is 1.23. The highest BCUT2D eigenvalue weighted by molar-refractivity contribution is 7.89. The van der Waals surface area contributed by atoms with E-state index in [1.165, 1.54) is 31.5 Å². The molecule has 24 heavy (non-hydrogen) atoms. The van der Waals surface area contributed by atoms with Crippen LogP contribution in [0.2, 0.25) is 0 Å². The molecule has 0 saturated heterocycles. The lowest BCUT2D eigenvalue weighted by molar-refractivity contribution is 0.0695. The normalized spacial score (nSPS) is 11.2. The van der Waals surface area contributed by atoms with Crippen molar-refractivity contribution in [3.8, 4) is 5.88 Å². The summed E-state index contributed by atoms with van der Waals surface area (Å²) in [6.45, 7) is 1.85. The van der Waals surface area contributed by atoms with Crippen LogP contribution < -0.4 is 9.46 Å². The lowest BCUT2D eigenvalue weighted by Crippen LogP contribution is -2.23. The Hall–Kier alpha value is -2.45. The standard InChI is InChI=1S/C16H18N2O5S/c1-3-12-5-6-13(8-14(12)16(19)20)24(21,22)18-10-11-4-7-15(23-2)17-9-11/h4-9,18H,3,10H2,1-2H3,(H,19,20). The van der Waals surface area contributed by atoms with E-state index in [2.05, 4.69) is 9.71 Å². The second kappa shape index (κ2) is 7.41. The fourth-order valence-corrected chi connectivity index (χ4v) is 3.17. The Balaban J connectivity index is 2.20. The second-order valence-corrected chi connectivity index (χ2v) is 6.78. The summed E-state index contributed by atoms with van der Waals surface area (Å²) in [6, 6.07) is 7.42. The monoisotopic (exact) mass is 350 g/mol. The molecule has 0 saturated carbocycles. The molecule has 1 heterocycles. The number of carbonyl (C=O) groups is 1. The summed E-state index contributed by atoms with van der Waals surface area (Å²) >= 11 is 0. The Bertz CT molecular complexity index is 832. The number of aromatic nitrogens is 1. The Morgan fingerprint density at radius 3 is 2.58 bits per heavy atom. The third-order valence-electron chi connectivity index (χ3n) is 3.48. The van der Waals surface area contributed by atoms with E-state index in [0.717, 1.165) is 0 Å². The Morgan fingerprint density at radius 2 is 2.04 bits per heavy atom. The highest BCUT2D eigenvalue weighted by Crippen LogP contribution is 2.17. The van der Waals surface area contributed by atoms with Gasteiger partial charge in [-0.1, -0.05) is 19.1 Å². The molecule has 0 radical (unpaired) electrons. The minimum atomic E-state index is -3.83. The molecule has 2 aromatic rings. The number of benzene rings is 1. The molecule has 8 heteroatoms. The van der Waals surface area contributed by atoms with Crippen molar-refractivity contribution >= 4 is 16.0 Å². The van der Waals surface area contributed by atoms with Gasteiger partial charge in [0.05, 0.1) is 17.6 Å². The minimum absolute atomic E-state index is 0.00788. The maximum absolute atomic E-state index is 12.4. The van der Waals surface area contributed by atoms with Gasteiger partial charge in [0.2, 0.25) is 15.9 Å². The first-order valence-corrected chi connectivity index (χ1v) is 8.70. The molecular weight excluding hydrogens is 332 g/mol. The maximum Gasteiger partial charge on any atom is 0.336 e. The van der Waals surface area contributed by atoms with E-state index in [4.69, 9.17) is 4.74 Å². The van der Waals surface area contributed by atoms with Gasteiger partial charge in [-0.3, -0.25) is 0 Å². The Morgan fingerprint density at radius 1 is 1.29 bits per heavy atom. The number of sulfonamides is 1. The predicted molar refractivity (Wildman–Crippen MR) is 87.6 cm³/mol. The molecule has 0 fully saturated rings. The van der Waals surface area contributed by atoms with Crippen LogP contribution in [0.1, 0.15) is 28.4 Å². The number of nitrogens with zero attached hydrogens (tertiary/aromatic N) is 1. The molecule has 0 bridgehead atoms. The number of nitrogens with one attached hydrogen (secondary N) is 1. The molecule has 0 spiro atoms. The van der Waals surface area contributed by atoms with Gasteiger partial charge in [0, 0.05) is 18.8 Å². The van der Waals surface area contributed by atoms with E-state index >= 15 is 0 Å². The quantitative estimate of drug-likeness (QED) is 0.789. The average Bonchev–Trinajstić information content (AvgIpc) is 2.59. The molecule has 0 atom stereocenters. The van der Waals surface area contributed by atoms with Crippen LogP contribution in [0.5, 0.6) is 5.88 Å². The van der Waals surface area contributed by atoms with E-state index in [1.54, 1.807) is 12.1 Å². The van der Waals surface area contributed by atoms with E-state index in [9.17, 15) is 18.3 Å². The predicted octanol–water partition coefficient (Wildman–Crippen LogP) is 1.83. The van der Waals surface area contributed by atoms with Crippen molar-refractivity contribution in [2.24, 2.45) is 0 Å². The highest BCUT2D eigenvalue weighted by Gasteiger charge is 2.18. The van der Waals surface area contributed by atoms with Crippen molar-refractivity contribution in [3.63, 3.8) is 0 Å². The van der Waals surface area contributed by atoms with Crippen LogP contribution in [0.25, 0.3) is 0 Å². The van der Waals surface area contributed by atoms with Crippen LogP contribution >= 0.6 is 0 Å². The third-order valence-corrected chi connectivity index (χ3v) is 4.87. The summed E-state index contributed by atoms with van der Waals surface area (Å²) < 4.78 is 32.1. The number of aryl methyl sites for hydroxylation is 1. The first-order valence-electron chi connectivity index (χ1n) is 7.22. The number of ether oxygens (including phenoxy) is 1. The van der Waals surface area contributed by atoms with Crippen LogP contribution in [0, 0.1) is 0 Å². The summed E-state index contributed by atoms with van der Waals surface area (Å²) in [5, 5.41) is 9.21. The van der Waals surface area contributed by atoms with Crippen LogP contribution in [0.3, 0.4) is 0 Å². The molecule has 0 aliphatic heterocycles. The molecule has 0 aliphatic rings.